The van der Waals surface area contributed by atoms with Crippen LogP contribution in [-0.2, 0) is 6.54 Å². The molecule has 0 amide bonds. The summed E-state index contributed by atoms with van der Waals surface area (Å²) >= 11 is 0. The number of nitrogens with one attached hydrogen (secondary N) is 1. The second kappa shape index (κ2) is 8.06. The largest absolute Gasteiger partial charge is 0.477 e. The van der Waals surface area contributed by atoms with E-state index in [2.05, 4.69) is 49.2 Å². The number of rotatable bonds is 8. The Hall–Kier alpha value is -1.13. The average Bonchev–Trinajstić information content (AvgIpc) is 2.33. The highest BCUT2D eigenvalue weighted by Crippen LogP contribution is 2.14. The van der Waals surface area contributed by atoms with Gasteiger partial charge in [0.25, 0.3) is 0 Å². The van der Waals surface area contributed by atoms with Crippen LogP contribution in [0.4, 0.5) is 0 Å². The summed E-state index contributed by atoms with van der Waals surface area (Å²) in [5, 5.41) is 3.38. The molecule has 0 saturated heterocycles. The third kappa shape index (κ3) is 5.98. The molecule has 0 unspecified atom stereocenters. The highest BCUT2D eigenvalue weighted by Gasteiger charge is 2.05. The Bertz CT molecular complexity index is 340. The van der Waals surface area contributed by atoms with Crippen molar-refractivity contribution in [3.8, 4) is 5.88 Å². The molecule has 1 rings (SSSR count). The van der Waals surface area contributed by atoms with E-state index in [0.29, 0.717) is 12.6 Å². The summed E-state index contributed by atoms with van der Waals surface area (Å²) in [5.74, 6) is 0.754. The van der Waals surface area contributed by atoms with Gasteiger partial charge in [-0.25, -0.2) is 4.98 Å². The topological polar surface area (TPSA) is 37.4 Å². The number of ether oxygens (including phenoxy) is 1. The molecule has 0 saturated carbocycles. The Balaban J connectivity index is 2.43. The van der Waals surface area contributed by atoms with Gasteiger partial charge in [0.1, 0.15) is 0 Å². The Labute approximate surface area is 110 Å². The molecule has 4 nitrogen and oxygen atoms in total. The Morgan fingerprint density at radius 2 is 2.17 bits per heavy atom. The molecule has 0 spiro atoms. The summed E-state index contributed by atoms with van der Waals surface area (Å²) < 4.78 is 5.74. The lowest BCUT2D eigenvalue weighted by atomic mass is 10.2. The van der Waals surface area contributed by atoms with Crippen LogP contribution in [0.3, 0.4) is 0 Å². The van der Waals surface area contributed by atoms with Crippen LogP contribution < -0.4 is 10.1 Å². The SMILES string of the molecule is CC(C)NCc1cccnc1OCCCN(C)C. The van der Waals surface area contributed by atoms with Gasteiger partial charge in [0.2, 0.25) is 5.88 Å². The molecule has 0 aliphatic carbocycles. The maximum atomic E-state index is 5.74. The molecular formula is C14H25N3O. The predicted octanol–water partition coefficient (Wildman–Crippen LogP) is 1.91. The number of aromatic nitrogens is 1. The molecular weight excluding hydrogens is 226 g/mol. The molecule has 0 bridgehead atoms. The third-order valence-electron chi connectivity index (χ3n) is 2.54. The van der Waals surface area contributed by atoms with E-state index >= 15 is 0 Å². The molecule has 1 N–H and O–H groups in total. The Morgan fingerprint density at radius 3 is 2.83 bits per heavy atom. The van der Waals surface area contributed by atoms with Gasteiger partial charge in [0, 0.05) is 30.9 Å². The number of hydrogen-bond donors (Lipinski definition) is 1. The van der Waals surface area contributed by atoms with Crippen molar-refractivity contribution < 1.29 is 4.74 Å². The van der Waals surface area contributed by atoms with E-state index in [1.807, 2.05) is 6.07 Å². The minimum Gasteiger partial charge on any atom is -0.477 e. The number of pyridine rings is 1. The van der Waals surface area contributed by atoms with E-state index in [1.165, 1.54) is 0 Å². The van der Waals surface area contributed by atoms with Crippen LogP contribution in [0.2, 0.25) is 0 Å². The smallest absolute Gasteiger partial charge is 0.217 e. The van der Waals surface area contributed by atoms with Crippen LogP contribution >= 0.6 is 0 Å². The highest BCUT2D eigenvalue weighted by molar-refractivity contribution is 5.25. The first kappa shape index (κ1) is 14.9. The Morgan fingerprint density at radius 1 is 1.39 bits per heavy atom. The molecule has 0 aliphatic rings. The molecule has 102 valence electrons. The summed E-state index contributed by atoms with van der Waals surface area (Å²) in [7, 11) is 4.14. The summed E-state index contributed by atoms with van der Waals surface area (Å²) in [4.78, 5) is 6.45. The molecule has 18 heavy (non-hydrogen) atoms. The monoisotopic (exact) mass is 251 g/mol. The van der Waals surface area contributed by atoms with Crippen molar-refractivity contribution in [3.05, 3.63) is 23.9 Å². The van der Waals surface area contributed by atoms with Crippen molar-refractivity contribution in [2.75, 3.05) is 27.2 Å². The van der Waals surface area contributed by atoms with E-state index < -0.39 is 0 Å². The summed E-state index contributed by atoms with van der Waals surface area (Å²) in [6.45, 7) is 6.81. The lowest BCUT2D eigenvalue weighted by Gasteiger charge is -2.13. The van der Waals surface area contributed by atoms with Crippen molar-refractivity contribution in [1.82, 2.24) is 15.2 Å². The molecule has 0 fully saturated rings. The maximum absolute atomic E-state index is 5.74. The standard InChI is InChI=1S/C14H25N3O/c1-12(2)16-11-13-7-5-8-15-14(13)18-10-6-9-17(3)4/h5,7-8,12,16H,6,9-11H2,1-4H3. The first-order valence-electron chi connectivity index (χ1n) is 6.54. The summed E-state index contributed by atoms with van der Waals surface area (Å²) in [5.41, 5.74) is 1.12. The van der Waals surface area contributed by atoms with Crippen LogP contribution in [-0.4, -0.2) is 43.2 Å². The Kier molecular flexibility index (Phi) is 6.68. The fourth-order valence-corrected chi connectivity index (χ4v) is 1.55. The van der Waals surface area contributed by atoms with Crippen LogP contribution in [0.15, 0.2) is 18.3 Å². The van der Waals surface area contributed by atoms with Gasteiger partial charge in [-0.05, 0) is 26.6 Å². The summed E-state index contributed by atoms with van der Waals surface area (Å²) in [6, 6.07) is 4.47. The molecule has 1 aromatic heterocycles. The summed E-state index contributed by atoms with van der Waals surface area (Å²) in [6.07, 6.45) is 2.79. The average molecular weight is 251 g/mol. The second-order valence-corrected chi connectivity index (χ2v) is 5.01. The minimum atomic E-state index is 0.465. The van der Waals surface area contributed by atoms with Crippen LogP contribution in [0.25, 0.3) is 0 Å². The lowest BCUT2D eigenvalue weighted by Crippen LogP contribution is -2.22. The van der Waals surface area contributed by atoms with E-state index in [-0.39, 0.29) is 0 Å². The van der Waals surface area contributed by atoms with Gasteiger partial charge >= 0.3 is 0 Å². The first-order chi connectivity index (χ1) is 8.59. The van der Waals surface area contributed by atoms with Crippen molar-refractivity contribution in [2.24, 2.45) is 0 Å². The minimum absolute atomic E-state index is 0.465. The molecule has 0 atom stereocenters. The lowest BCUT2D eigenvalue weighted by molar-refractivity contribution is 0.270. The molecule has 0 radical (unpaired) electrons. The van der Waals surface area contributed by atoms with Crippen LogP contribution in [0.1, 0.15) is 25.8 Å². The van der Waals surface area contributed by atoms with E-state index in [4.69, 9.17) is 4.74 Å². The van der Waals surface area contributed by atoms with Gasteiger partial charge in [-0.15, -0.1) is 0 Å². The molecule has 0 aromatic carbocycles. The zero-order chi connectivity index (χ0) is 13.4. The first-order valence-corrected chi connectivity index (χ1v) is 6.54. The van der Waals surface area contributed by atoms with Crippen molar-refractivity contribution >= 4 is 0 Å². The van der Waals surface area contributed by atoms with Crippen molar-refractivity contribution in [3.63, 3.8) is 0 Å². The predicted molar refractivity (Wildman–Crippen MR) is 74.9 cm³/mol. The van der Waals surface area contributed by atoms with Crippen molar-refractivity contribution in [2.45, 2.75) is 32.9 Å². The zero-order valence-electron chi connectivity index (χ0n) is 11.9. The highest BCUT2D eigenvalue weighted by atomic mass is 16.5. The van der Waals surface area contributed by atoms with E-state index in [9.17, 15) is 0 Å². The maximum Gasteiger partial charge on any atom is 0.217 e. The quantitative estimate of drug-likeness (QED) is 0.716. The van der Waals surface area contributed by atoms with Gasteiger partial charge in [-0.3, -0.25) is 0 Å². The fraction of sp³-hybridized carbons (Fsp3) is 0.643. The fourth-order valence-electron chi connectivity index (χ4n) is 1.55. The second-order valence-electron chi connectivity index (χ2n) is 5.01. The molecule has 0 aliphatic heterocycles. The van der Waals surface area contributed by atoms with Crippen molar-refractivity contribution in [1.29, 1.82) is 0 Å². The number of hydrogen-bond acceptors (Lipinski definition) is 4. The normalized spacial score (nSPS) is 11.2. The zero-order valence-corrected chi connectivity index (χ0v) is 11.9. The molecule has 1 aromatic rings. The van der Waals surface area contributed by atoms with Gasteiger partial charge in [0.15, 0.2) is 0 Å². The van der Waals surface area contributed by atoms with Crippen LogP contribution in [0.5, 0.6) is 5.88 Å². The van der Waals surface area contributed by atoms with Gasteiger partial charge < -0.3 is 15.0 Å². The van der Waals surface area contributed by atoms with Gasteiger partial charge in [-0.2, -0.15) is 0 Å². The molecule has 4 heteroatoms. The van der Waals surface area contributed by atoms with Gasteiger partial charge in [0.05, 0.1) is 6.61 Å². The van der Waals surface area contributed by atoms with Crippen LogP contribution in [0, 0.1) is 0 Å². The van der Waals surface area contributed by atoms with E-state index in [0.717, 1.165) is 31.0 Å². The number of nitrogens with zero attached hydrogens (tertiary/aromatic N) is 2. The van der Waals surface area contributed by atoms with E-state index in [1.54, 1.807) is 6.20 Å². The third-order valence-corrected chi connectivity index (χ3v) is 2.54. The molecule has 1 heterocycles. The van der Waals surface area contributed by atoms with Gasteiger partial charge in [-0.1, -0.05) is 19.9 Å².